The lowest BCUT2D eigenvalue weighted by Gasteiger charge is -2.26. The maximum Gasteiger partial charge on any atom is 0.276 e. The molecule has 1 aromatic heterocycles. The van der Waals surface area contributed by atoms with Crippen LogP contribution in [0.1, 0.15) is 17.4 Å². The molecule has 0 saturated carbocycles. The van der Waals surface area contributed by atoms with E-state index < -0.39 is 6.10 Å². The number of carbonyl (C=O) groups excluding carboxylic acids is 1. The van der Waals surface area contributed by atoms with Crippen molar-refractivity contribution >= 4 is 5.91 Å². The Labute approximate surface area is 99.4 Å². The number of rotatable bonds is 3. The molecule has 1 aliphatic rings. The SMILES string of the molecule is CC(O)Cn1cc(C(=O)N2CCNCC2)nn1. The summed E-state index contributed by atoms with van der Waals surface area (Å²) < 4.78 is 1.49. The Bertz CT molecular complexity index is 384. The van der Waals surface area contributed by atoms with Crippen LogP contribution in [0.4, 0.5) is 0 Å². The normalized spacial score (nSPS) is 18.1. The first-order valence-electron chi connectivity index (χ1n) is 5.75. The van der Waals surface area contributed by atoms with E-state index in [-0.39, 0.29) is 5.91 Å². The summed E-state index contributed by atoms with van der Waals surface area (Å²) in [4.78, 5) is 13.8. The number of aromatic nitrogens is 3. The summed E-state index contributed by atoms with van der Waals surface area (Å²) in [5, 5.41) is 20.0. The van der Waals surface area contributed by atoms with E-state index in [0.29, 0.717) is 25.3 Å². The van der Waals surface area contributed by atoms with E-state index in [1.165, 1.54) is 4.68 Å². The van der Waals surface area contributed by atoms with Crippen LogP contribution < -0.4 is 5.32 Å². The second-order valence-electron chi connectivity index (χ2n) is 4.22. The number of aliphatic hydroxyl groups excluding tert-OH is 1. The summed E-state index contributed by atoms with van der Waals surface area (Å²) in [7, 11) is 0. The van der Waals surface area contributed by atoms with Gasteiger partial charge in [0.25, 0.3) is 5.91 Å². The van der Waals surface area contributed by atoms with Gasteiger partial charge in [-0.2, -0.15) is 0 Å². The summed E-state index contributed by atoms with van der Waals surface area (Å²) in [6.45, 7) is 5.03. The van der Waals surface area contributed by atoms with Gasteiger partial charge in [0.15, 0.2) is 5.69 Å². The zero-order valence-electron chi connectivity index (χ0n) is 9.83. The molecular formula is C10H17N5O2. The largest absolute Gasteiger partial charge is 0.391 e. The van der Waals surface area contributed by atoms with E-state index in [1.807, 2.05) is 0 Å². The van der Waals surface area contributed by atoms with Crippen LogP contribution in [0.25, 0.3) is 0 Å². The van der Waals surface area contributed by atoms with E-state index in [4.69, 9.17) is 0 Å². The molecule has 1 aliphatic heterocycles. The number of hydrogen-bond acceptors (Lipinski definition) is 5. The van der Waals surface area contributed by atoms with Crippen LogP contribution in [-0.4, -0.2) is 63.2 Å². The van der Waals surface area contributed by atoms with Crippen molar-refractivity contribution in [3.05, 3.63) is 11.9 Å². The predicted octanol–water partition coefficient (Wildman–Crippen LogP) is -1.30. The van der Waals surface area contributed by atoms with Crippen molar-refractivity contribution in [3.8, 4) is 0 Å². The molecular weight excluding hydrogens is 222 g/mol. The Morgan fingerprint density at radius 3 is 2.94 bits per heavy atom. The molecule has 1 amide bonds. The Morgan fingerprint density at radius 1 is 1.59 bits per heavy atom. The van der Waals surface area contributed by atoms with Crippen molar-refractivity contribution in [3.63, 3.8) is 0 Å². The van der Waals surface area contributed by atoms with Crippen molar-refractivity contribution in [1.29, 1.82) is 0 Å². The Balaban J connectivity index is 2.01. The smallest absolute Gasteiger partial charge is 0.276 e. The molecule has 0 aromatic carbocycles. The molecule has 0 spiro atoms. The van der Waals surface area contributed by atoms with Crippen LogP contribution in [0.2, 0.25) is 0 Å². The lowest BCUT2D eigenvalue weighted by Crippen LogP contribution is -2.46. The molecule has 0 bridgehead atoms. The first-order valence-corrected chi connectivity index (χ1v) is 5.75. The Kier molecular flexibility index (Phi) is 3.70. The van der Waals surface area contributed by atoms with Crippen molar-refractivity contribution in [2.24, 2.45) is 0 Å². The average Bonchev–Trinajstić information content (AvgIpc) is 2.77. The minimum Gasteiger partial charge on any atom is -0.391 e. The second-order valence-corrected chi connectivity index (χ2v) is 4.22. The molecule has 7 heteroatoms. The van der Waals surface area contributed by atoms with Gasteiger partial charge in [0.1, 0.15) is 0 Å². The molecule has 0 radical (unpaired) electrons. The maximum atomic E-state index is 12.0. The second kappa shape index (κ2) is 5.24. The molecule has 1 fully saturated rings. The van der Waals surface area contributed by atoms with Gasteiger partial charge in [0, 0.05) is 26.2 Å². The summed E-state index contributed by atoms with van der Waals surface area (Å²) in [5.74, 6) is -0.0941. The van der Waals surface area contributed by atoms with Gasteiger partial charge in [-0.1, -0.05) is 5.21 Å². The van der Waals surface area contributed by atoms with E-state index in [1.54, 1.807) is 18.0 Å². The van der Waals surface area contributed by atoms with E-state index in [0.717, 1.165) is 13.1 Å². The molecule has 1 unspecified atom stereocenters. The van der Waals surface area contributed by atoms with E-state index >= 15 is 0 Å². The molecule has 0 aliphatic carbocycles. The third-order valence-corrected chi connectivity index (χ3v) is 2.61. The highest BCUT2D eigenvalue weighted by Gasteiger charge is 2.20. The highest BCUT2D eigenvalue weighted by molar-refractivity contribution is 5.92. The number of amides is 1. The fourth-order valence-electron chi connectivity index (χ4n) is 1.79. The van der Waals surface area contributed by atoms with Crippen LogP contribution in [0.3, 0.4) is 0 Å². The quantitative estimate of drug-likeness (QED) is 0.685. The monoisotopic (exact) mass is 239 g/mol. The van der Waals surface area contributed by atoms with Gasteiger partial charge in [0.2, 0.25) is 0 Å². The molecule has 1 saturated heterocycles. The molecule has 2 N–H and O–H groups in total. The van der Waals surface area contributed by atoms with Crippen molar-refractivity contribution in [2.45, 2.75) is 19.6 Å². The number of piperazine rings is 1. The average molecular weight is 239 g/mol. The van der Waals surface area contributed by atoms with Gasteiger partial charge < -0.3 is 15.3 Å². The molecule has 94 valence electrons. The zero-order chi connectivity index (χ0) is 12.3. The minimum atomic E-state index is -0.501. The van der Waals surface area contributed by atoms with Crippen LogP contribution in [0, 0.1) is 0 Å². The number of hydrogen-bond donors (Lipinski definition) is 2. The van der Waals surface area contributed by atoms with Crippen molar-refractivity contribution < 1.29 is 9.90 Å². The maximum absolute atomic E-state index is 12.0. The first kappa shape index (κ1) is 12.0. The van der Waals surface area contributed by atoms with Crippen molar-refractivity contribution in [1.82, 2.24) is 25.2 Å². The zero-order valence-corrected chi connectivity index (χ0v) is 9.83. The van der Waals surface area contributed by atoms with E-state index in [9.17, 15) is 9.90 Å². The predicted molar refractivity (Wildman–Crippen MR) is 60.5 cm³/mol. The van der Waals surface area contributed by atoms with E-state index in [2.05, 4.69) is 15.6 Å². The summed E-state index contributed by atoms with van der Waals surface area (Å²) in [6.07, 6.45) is 1.08. The molecule has 1 atom stereocenters. The summed E-state index contributed by atoms with van der Waals surface area (Å²) >= 11 is 0. The Morgan fingerprint density at radius 2 is 2.29 bits per heavy atom. The van der Waals surface area contributed by atoms with Crippen LogP contribution >= 0.6 is 0 Å². The van der Waals surface area contributed by atoms with Crippen LogP contribution in [0.5, 0.6) is 0 Å². The number of nitrogens with zero attached hydrogens (tertiary/aromatic N) is 4. The molecule has 7 nitrogen and oxygen atoms in total. The molecule has 1 aromatic rings. The number of carbonyl (C=O) groups is 1. The number of nitrogens with one attached hydrogen (secondary N) is 1. The lowest BCUT2D eigenvalue weighted by molar-refractivity contribution is 0.0729. The van der Waals surface area contributed by atoms with Crippen molar-refractivity contribution in [2.75, 3.05) is 26.2 Å². The Hall–Kier alpha value is -1.47. The molecule has 2 rings (SSSR count). The van der Waals surface area contributed by atoms with Crippen LogP contribution in [0.15, 0.2) is 6.20 Å². The highest BCUT2D eigenvalue weighted by Crippen LogP contribution is 2.03. The van der Waals surface area contributed by atoms with Crippen LogP contribution in [-0.2, 0) is 6.54 Å². The topological polar surface area (TPSA) is 83.3 Å². The third kappa shape index (κ3) is 3.01. The number of aliphatic hydroxyl groups is 1. The summed E-state index contributed by atoms with van der Waals surface area (Å²) in [5.41, 5.74) is 0.340. The standard InChI is InChI=1S/C10H17N5O2/c1-8(16)6-15-7-9(12-13-15)10(17)14-4-2-11-3-5-14/h7-8,11,16H,2-6H2,1H3. The van der Waals surface area contributed by atoms with Gasteiger partial charge in [-0.25, -0.2) is 4.68 Å². The van der Waals surface area contributed by atoms with Gasteiger partial charge in [0.05, 0.1) is 18.8 Å². The fraction of sp³-hybridized carbons (Fsp3) is 0.700. The lowest BCUT2D eigenvalue weighted by atomic mass is 10.3. The third-order valence-electron chi connectivity index (χ3n) is 2.61. The van der Waals surface area contributed by atoms with Gasteiger partial charge in [-0.15, -0.1) is 5.10 Å². The molecule has 17 heavy (non-hydrogen) atoms. The van der Waals surface area contributed by atoms with Gasteiger partial charge in [-0.3, -0.25) is 4.79 Å². The minimum absolute atomic E-state index is 0.0941. The molecule has 2 heterocycles. The van der Waals surface area contributed by atoms with Gasteiger partial charge >= 0.3 is 0 Å². The first-order chi connectivity index (χ1) is 8.16. The highest BCUT2D eigenvalue weighted by atomic mass is 16.3. The fourth-order valence-corrected chi connectivity index (χ4v) is 1.79. The van der Waals surface area contributed by atoms with Gasteiger partial charge in [-0.05, 0) is 6.92 Å². The summed E-state index contributed by atoms with van der Waals surface area (Å²) in [6, 6.07) is 0.